The van der Waals surface area contributed by atoms with Crippen molar-refractivity contribution in [1.82, 2.24) is 9.80 Å². The minimum atomic E-state index is 0.104. The van der Waals surface area contributed by atoms with Crippen LogP contribution in [0.3, 0.4) is 0 Å². The number of fused-ring (bicyclic) bond motifs is 1. The number of rotatable bonds is 6. The van der Waals surface area contributed by atoms with Crippen LogP contribution in [0.25, 0.3) is 0 Å². The van der Waals surface area contributed by atoms with E-state index >= 15 is 0 Å². The molecule has 2 aliphatic rings. The Hall–Kier alpha value is -2.43. The predicted molar refractivity (Wildman–Crippen MR) is 102 cm³/mol. The van der Waals surface area contributed by atoms with Crippen LogP contribution < -0.4 is 9.47 Å². The monoisotopic (exact) mass is 356 g/mol. The van der Waals surface area contributed by atoms with Gasteiger partial charge < -0.3 is 19.3 Å². The van der Waals surface area contributed by atoms with Crippen molar-refractivity contribution in [3.05, 3.63) is 47.8 Å². The second-order valence-corrected chi connectivity index (χ2v) is 7.12. The molecule has 140 valence electrons. The third-order valence-electron chi connectivity index (χ3n) is 4.89. The van der Waals surface area contributed by atoms with Gasteiger partial charge in [0.25, 0.3) is 5.91 Å². The lowest BCUT2D eigenvalue weighted by Crippen LogP contribution is -2.41. The van der Waals surface area contributed by atoms with Gasteiger partial charge in [-0.1, -0.05) is 12.1 Å². The Kier molecular flexibility index (Phi) is 5.55. The van der Waals surface area contributed by atoms with Gasteiger partial charge >= 0.3 is 0 Å². The van der Waals surface area contributed by atoms with Crippen LogP contribution in [0.5, 0.6) is 11.5 Å². The molecule has 0 radical (unpaired) electrons. The highest BCUT2D eigenvalue weighted by molar-refractivity contribution is 5.94. The molecule has 0 N–H and O–H groups in total. The van der Waals surface area contributed by atoms with Crippen LogP contribution in [-0.2, 0) is 11.2 Å². The summed E-state index contributed by atoms with van der Waals surface area (Å²) in [4.78, 5) is 17.1. The SMILES string of the molecule is CCN(C(=O)C1=CN(C(C)C)C=CC1)C(C)Cc1ccc2c(c1)OCO2. The molecule has 2 aliphatic heterocycles. The summed E-state index contributed by atoms with van der Waals surface area (Å²) in [6.07, 6.45) is 7.57. The Morgan fingerprint density at radius 2 is 2.00 bits per heavy atom. The maximum absolute atomic E-state index is 13.1. The van der Waals surface area contributed by atoms with Crippen molar-refractivity contribution in [1.29, 1.82) is 0 Å². The average Bonchev–Trinajstić information content (AvgIpc) is 3.10. The maximum Gasteiger partial charge on any atom is 0.251 e. The Balaban J connectivity index is 1.70. The topological polar surface area (TPSA) is 42.0 Å². The number of allylic oxidation sites excluding steroid dienone is 1. The molecule has 0 aromatic heterocycles. The van der Waals surface area contributed by atoms with Gasteiger partial charge in [0.1, 0.15) is 0 Å². The molecule has 26 heavy (non-hydrogen) atoms. The normalized spacial score (nSPS) is 16.7. The highest BCUT2D eigenvalue weighted by Gasteiger charge is 2.24. The van der Waals surface area contributed by atoms with E-state index in [4.69, 9.17) is 9.47 Å². The van der Waals surface area contributed by atoms with Crippen LogP contribution in [0, 0.1) is 0 Å². The van der Waals surface area contributed by atoms with Gasteiger partial charge in [0.05, 0.1) is 0 Å². The van der Waals surface area contributed by atoms with Crippen molar-refractivity contribution in [2.24, 2.45) is 0 Å². The van der Waals surface area contributed by atoms with Gasteiger partial charge in [0, 0.05) is 36.6 Å². The lowest BCUT2D eigenvalue weighted by atomic mass is 10.0. The first-order chi connectivity index (χ1) is 12.5. The van der Waals surface area contributed by atoms with E-state index < -0.39 is 0 Å². The molecule has 0 spiro atoms. The van der Waals surface area contributed by atoms with Gasteiger partial charge in [0.15, 0.2) is 11.5 Å². The molecule has 0 bridgehead atoms. The third kappa shape index (κ3) is 3.87. The quantitative estimate of drug-likeness (QED) is 0.779. The summed E-state index contributed by atoms with van der Waals surface area (Å²) >= 11 is 0. The van der Waals surface area contributed by atoms with Crippen molar-refractivity contribution in [2.75, 3.05) is 13.3 Å². The van der Waals surface area contributed by atoms with E-state index in [1.807, 2.05) is 42.4 Å². The number of carbonyl (C=O) groups is 1. The fraction of sp³-hybridized carbons (Fsp3) is 0.476. The summed E-state index contributed by atoms with van der Waals surface area (Å²) in [5.41, 5.74) is 2.00. The number of hydrogen-bond donors (Lipinski definition) is 0. The van der Waals surface area contributed by atoms with Crippen molar-refractivity contribution in [3.63, 3.8) is 0 Å². The van der Waals surface area contributed by atoms with Crippen molar-refractivity contribution >= 4 is 5.91 Å². The molecule has 1 aromatic carbocycles. The molecule has 1 unspecified atom stereocenters. The zero-order valence-electron chi connectivity index (χ0n) is 16.1. The van der Waals surface area contributed by atoms with E-state index in [2.05, 4.69) is 31.7 Å². The molecule has 1 atom stereocenters. The average molecular weight is 356 g/mol. The molecule has 0 saturated carbocycles. The van der Waals surface area contributed by atoms with Gasteiger partial charge in [-0.15, -0.1) is 0 Å². The maximum atomic E-state index is 13.1. The molecule has 3 rings (SSSR count). The molecule has 2 heterocycles. The third-order valence-corrected chi connectivity index (χ3v) is 4.89. The Labute approximate surface area is 155 Å². The minimum absolute atomic E-state index is 0.104. The second-order valence-electron chi connectivity index (χ2n) is 7.12. The molecule has 5 nitrogen and oxygen atoms in total. The zero-order valence-corrected chi connectivity index (χ0v) is 16.1. The van der Waals surface area contributed by atoms with Crippen LogP contribution in [-0.4, -0.2) is 41.1 Å². The van der Waals surface area contributed by atoms with Gasteiger partial charge in [-0.3, -0.25) is 4.79 Å². The highest BCUT2D eigenvalue weighted by Crippen LogP contribution is 2.33. The summed E-state index contributed by atoms with van der Waals surface area (Å²) in [6, 6.07) is 6.45. The van der Waals surface area contributed by atoms with Crippen LogP contribution in [0.2, 0.25) is 0 Å². The number of ether oxygens (including phenoxy) is 2. The summed E-state index contributed by atoms with van der Waals surface area (Å²) in [7, 11) is 0. The van der Waals surface area contributed by atoms with Crippen molar-refractivity contribution in [3.8, 4) is 11.5 Å². The summed E-state index contributed by atoms with van der Waals surface area (Å²) < 4.78 is 10.8. The molecule has 0 aliphatic carbocycles. The van der Waals surface area contributed by atoms with Gasteiger partial charge in [-0.25, -0.2) is 0 Å². The summed E-state index contributed by atoms with van der Waals surface area (Å²) in [5, 5.41) is 0. The lowest BCUT2D eigenvalue weighted by molar-refractivity contribution is -0.129. The molecular formula is C21H28N2O3. The van der Waals surface area contributed by atoms with E-state index in [1.54, 1.807) is 0 Å². The number of carbonyl (C=O) groups excluding carboxylic acids is 1. The zero-order chi connectivity index (χ0) is 18.7. The molecule has 5 heteroatoms. The van der Waals surface area contributed by atoms with Gasteiger partial charge in [-0.2, -0.15) is 0 Å². The fourth-order valence-electron chi connectivity index (χ4n) is 3.40. The van der Waals surface area contributed by atoms with E-state index in [-0.39, 0.29) is 18.7 Å². The second kappa shape index (κ2) is 7.85. The van der Waals surface area contributed by atoms with Gasteiger partial charge in [-0.05, 0) is 58.2 Å². The highest BCUT2D eigenvalue weighted by atomic mass is 16.7. The summed E-state index contributed by atoms with van der Waals surface area (Å²) in [5.74, 6) is 1.70. The van der Waals surface area contributed by atoms with E-state index in [9.17, 15) is 4.79 Å². The molecule has 1 aromatic rings. The van der Waals surface area contributed by atoms with E-state index in [0.29, 0.717) is 19.0 Å². The standard InChI is InChI=1S/C21H28N2O3/c1-5-23(21(24)18-7-6-10-22(13-18)15(2)3)16(4)11-17-8-9-19-20(12-17)26-14-25-19/h6,8-10,12-13,15-16H,5,7,11,14H2,1-4H3. The van der Waals surface area contributed by atoms with Crippen LogP contribution in [0.4, 0.5) is 0 Å². The van der Waals surface area contributed by atoms with Crippen LogP contribution in [0.15, 0.2) is 42.2 Å². The molecule has 1 amide bonds. The Morgan fingerprint density at radius 3 is 2.73 bits per heavy atom. The first-order valence-electron chi connectivity index (χ1n) is 9.34. The largest absolute Gasteiger partial charge is 0.454 e. The van der Waals surface area contributed by atoms with E-state index in [1.165, 1.54) is 0 Å². The molecule has 0 fully saturated rings. The van der Waals surface area contributed by atoms with E-state index in [0.717, 1.165) is 29.1 Å². The number of likely N-dealkylation sites (N-methyl/N-ethyl adjacent to an activating group) is 1. The lowest BCUT2D eigenvalue weighted by Gasteiger charge is -2.31. The predicted octanol–water partition coefficient (Wildman–Crippen LogP) is 3.71. The van der Waals surface area contributed by atoms with Gasteiger partial charge in [0.2, 0.25) is 6.79 Å². The number of nitrogens with zero attached hydrogens (tertiary/aromatic N) is 2. The Morgan fingerprint density at radius 1 is 1.23 bits per heavy atom. The smallest absolute Gasteiger partial charge is 0.251 e. The number of benzene rings is 1. The number of amides is 1. The van der Waals surface area contributed by atoms with Crippen molar-refractivity contribution < 1.29 is 14.3 Å². The van der Waals surface area contributed by atoms with Crippen LogP contribution in [0.1, 0.15) is 39.7 Å². The summed E-state index contributed by atoms with van der Waals surface area (Å²) in [6.45, 7) is 9.34. The Bertz CT molecular complexity index is 724. The van der Waals surface area contributed by atoms with Crippen LogP contribution >= 0.6 is 0 Å². The number of hydrogen-bond acceptors (Lipinski definition) is 4. The minimum Gasteiger partial charge on any atom is -0.454 e. The fourth-order valence-corrected chi connectivity index (χ4v) is 3.40. The first-order valence-corrected chi connectivity index (χ1v) is 9.34. The molecule has 0 saturated heterocycles. The molecular weight excluding hydrogens is 328 g/mol. The van der Waals surface area contributed by atoms with Crippen molar-refractivity contribution in [2.45, 2.75) is 52.6 Å². The first kappa shape index (κ1) is 18.4.